The maximum atomic E-state index is 14.0. The predicted molar refractivity (Wildman–Crippen MR) is 108 cm³/mol. The molecule has 1 saturated heterocycles. The van der Waals surface area contributed by atoms with Gasteiger partial charge >= 0.3 is 11.9 Å². The number of ether oxygens (including phenoxy) is 2. The fraction of sp³-hybridized carbons (Fsp3) is 0.720. The van der Waals surface area contributed by atoms with Gasteiger partial charge in [0.1, 0.15) is 18.0 Å². The van der Waals surface area contributed by atoms with Gasteiger partial charge in [-0.15, -0.1) is 0 Å². The molecule has 4 aliphatic carbocycles. The van der Waals surface area contributed by atoms with Crippen LogP contribution in [-0.4, -0.2) is 29.9 Å². The number of allylic oxidation sites excluding steroid dienone is 1. The smallest absolute Gasteiger partial charge is 0.330 e. The van der Waals surface area contributed by atoms with E-state index in [1.807, 2.05) is 19.9 Å². The minimum absolute atomic E-state index is 0.0131. The second-order valence-electron chi connectivity index (χ2n) is 11.9. The summed E-state index contributed by atoms with van der Waals surface area (Å²) in [5, 5.41) is 0. The van der Waals surface area contributed by atoms with Gasteiger partial charge in [0.25, 0.3) is 0 Å². The highest BCUT2D eigenvalue weighted by molar-refractivity contribution is 5.96. The van der Waals surface area contributed by atoms with Gasteiger partial charge in [0.15, 0.2) is 0 Å². The van der Waals surface area contributed by atoms with Crippen molar-refractivity contribution in [1.29, 1.82) is 0 Å². The Kier molecular flexibility index (Phi) is 3.10. The van der Waals surface area contributed by atoms with Crippen molar-refractivity contribution in [2.75, 3.05) is 6.61 Å². The van der Waals surface area contributed by atoms with Gasteiger partial charge in [-0.2, -0.15) is 0 Å². The normalized spacial score (nSPS) is 54.8. The van der Waals surface area contributed by atoms with E-state index in [2.05, 4.69) is 20.4 Å². The first-order valence-electron chi connectivity index (χ1n) is 11.3. The van der Waals surface area contributed by atoms with Gasteiger partial charge in [0.05, 0.1) is 5.92 Å². The number of hydrogen-bond acceptors (Lipinski definition) is 5. The lowest BCUT2D eigenvalue weighted by Crippen LogP contribution is -2.66. The molecule has 5 heteroatoms. The molecule has 6 aliphatic rings. The first kappa shape index (κ1) is 18.8. The van der Waals surface area contributed by atoms with E-state index < -0.39 is 21.8 Å². The molecule has 5 fully saturated rings. The molecular weight excluding hydrogens is 380 g/mol. The first-order valence-corrected chi connectivity index (χ1v) is 11.3. The molecule has 5 nitrogen and oxygen atoms in total. The molecule has 8 atom stereocenters. The van der Waals surface area contributed by atoms with Crippen LogP contribution in [0.15, 0.2) is 24.3 Å². The quantitative estimate of drug-likeness (QED) is 0.451. The minimum atomic E-state index is -0.625. The molecule has 6 rings (SSSR count). The van der Waals surface area contributed by atoms with E-state index in [0.717, 1.165) is 24.8 Å². The van der Waals surface area contributed by atoms with Crippen LogP contribution in [0.2, 0.25) is 0 Å². The van der Waals surface area contributed by atoms with E-state index in [0.29, 0.717) is 13.0 Å². The lowest BCUT2D eigenvalue weighted by Gasteiger charge is -2.66. The molecule has 0 aromatic carbocycles. The summed E-state index contributed by atoms with van der Waals surface area (Å²) in [6.07, 6.45) is 6.77. The zero-order chi connectivity index (χ0) is 21.5. The van der Waals surface area contributed by atoms with Crippen molar-refractivity contribution in [2.45, 2.75) is 59.0 Å². The molecule has 2 heterocycles. The zero-order valence-electron chi connectivity index (χ0n) is 18.2. The topological polar surface area (TPSA) is 69.7 Å². The van der Waals surface area contributed by atoms with E-state index in [9.17, 15) is 14.4 Å². The Hall–Kier alpha value is -1.91. The lowest BCUT2D eigenvalue weighted by atomic mass is 9.36. The number of fused-ring (bicyclic) bond motifs is 2. The third-order valence-corrected chi connectivity index (χ3v) is 10.4. The predicted octanol–water partition coefficient (Wildman–Crippen LogP) is 3.63. The summed E-state index contributed by atoms with van der Waals surface area (Å²) >= 11 is 0. The Bertz CT molecular complexity index is 976. The first-order chi connectivity index (χ1) is 13.9. The highest BCUT2D eigenvalue weighted by atomic mass is 16.6. The Morgan fingerprint density at radius 1 is 1.13 bits per heavy atom. The molecule has 0 N–H and O–H groups in total. The summed E-state index contributed by atoms with van der Waals surface area (Å²) in [5.41, 5.74) is -1.24. The van der Waals surface area contributed by atoms with Gasteiger partial charge in [-0.1, -0.05) is 32.1 Å². The monoisotopic (exact) mass is 410 g/mol. The molecule has 0 radical (unpaired) electrons. The number of carbonyl (C=O) groups is 3. The highest BCUT2D eigenvalue weighted by Gasteiger charge is 2.84. The van der Waals surface area contributed by atoms with E-state index in [1.54, 1.807) is 6.08 Å². The van der Waals surface area contributed by atoms with Crippen LogP contribution in [0.1, 0.15) is 53.4 Å². The van der Waals surface area contributed by atoms with Crippen molar-refractivity contribution in [3.05, 3.63) is 24.3 Å². The third kappa shape index (κ3) is 1.67. The van der Waals surface area contributed by atoms with Crippen LogP contribution in [0, 0.1) is 45.3 Å². The van der Waals surface area contributed by atoms with Crippen LogP contribution >= 0.6 is 0 Å². The Morgan fingerprint density at radius 3 is 2.60 bits per heavy atom. The van der Waals surface area contributed by atoms with E-state index in [-0.39, 0.29) is 46.8 Å². The van der Waals surface area contributed by atoms with Gasteiger partial charge in [-0.05, 0) is 56.3 Å². The van der Waals surface area contributed by atoms with Crippen molar-refractivity contribution >= 4 is 17.7 Å². The van der Waals surface area contributed by atoms with Crippen molar-refractivity contribution < 1.29 is 23.9 Å². The Labute approximate surface area is 177 Å². The summed E-state index contributed by atoms with van der Waals surface area (Å²) in [5.74, 6) is -0.673. The SMILES string of the molecule is C=C1C2C(=O)C3(C)CC4C(=O)OCC14C1(CCC4C(C)(C)OC(=O)C=CC4(C)C21)C3. The van der Waals surface area contributed by atoms with Gasteiger partial charge in [0, 0.05) is 28.7 Å². The summed E-state index contributed by atoms with van der Waals surface area (Å²) in [4.78, 5) is 39.2. The molecule has 2 spiro atoms. The van der Waals surface area contributed by atoms with Crippen molar-refractivity contribution in [3.63, 3.8) is 0 Å². The molecule has 30 heavy (non-hydrogen) atoms. The van der Waals surface area contributed by atoms with Gasteiger partial charge in [-0.25, -0.2) is 4.79 Å². The molecule has 0 aromatic rings. The number of esters is 2. The maximum absolute atomic E-state index is 14.0. The minimum Gasteiger partial charge on any atom is -0.464 e. The molecule has 4 saturated carbocycles. The van der Waals surface area contributed by atoms with Crippen LogP contribution in [-0.2, 0) is 23.9 Å². The molecule has 8 unspecified atom stereocenters. The average Bonchev–Trinajstić information content (AvgIpc) is 3.02. The number of Topliss-reactive ketones (excluding diaryl/α,β-unsaturated/α-hetero) is 1. The number of rotatable bonds is 0. The fourth-order valence-corrected chi connectivity index (χ4v) is 9.69. The Balaban J connectivity index is 1.63. The van der Waals surface area contributed by atoms with Crippen LogP contribution in [0.4, 0.5) is 0 Å². The average molecular weight is 411 g/mol. The molecule has 3 bridgehead atoms. The summed E-state index contributed by atoms with van der Waals surface area (Å²) in [6, 6.07) is 0. The second-order valence-corrected chi connectivity index (χ2v) is 11.9. The van der Waals surface area contributed by atoms with E-state index in [4.69, 9.17) is 9.47 Å². The van der Waals surface area contributed by atoms with Crippen LogP contribution < -0.4 is 0 Å². The standard InChI is InChI=1S/C25H30O5/c1-13-17-18-23(5)8-7-16(26)30-21(2,3)15(23)6-9-24(18)11-22(4,19(17)27)10-14-20(28)29-12-25(13,14)24/h7-8,14-15,17-18H,1,6,9-12H2,2-5H3. The molecule has 160 valence electrons. The summed E-state index contributed by atoms with van der Waals surface area (Å²) < 4.78 is 11.5. The largest absolute Gasteiger partial charge is 0.464 e. The fourth-order valence-electron chi connectivity index (χ4n) is 9.69. The van der Waals surface area contributed by atoms with Crippen molar-refractivity contribution in [3.8, 4) is 0 Å². The number of hydrogen-bond donors (Lipinski definition) is 0. The number of cyclic esters (lactones) is 2. The van der Waals surface area contributed by atoms with Crippen molar-refractivity contribution in [1.82, 2.24) is 0 Å². The summed E-state index contributed by atoms with van der Waals surface area (Å²) in [6.45, 7) is 13.1. The van der Waals surface area contributed by atoms with Crippen LogP contribution in [0.3, 0.4) is 0 Å². The molecule has 2 aliphatic heterocycles. The second kappa shape index (κ2) is 4.94. The number of ketones is 1. The third-order valence-electron chi connectivity index (χ3n) is 10.4. The van der Waals surface area contributed by atoms with Crippen LogP contribution in [0.5, 0.6) is 0 Å². The van der Waals surface area contributed by atoms with Crippen LogP contribution in [0.25, 0.3) is 0 Å². The highest BCUT2D eigenvalue weighted by Crippen LogP contribution is 2.84. The molecule has 0 amide bonds. The van der Waals surface area contributed by atoms with Gasteiger partial charge in [-0.3, -0.25) is 9.59 Å². The zero-order valence-corrected chi connectivity index (χ0v) is 18.2. The van der Waals surface area contributed by atoms with E-state index >= 15 is 0 Å². The molecule has 0 aromatic heterocycles. The van der Waals surface area contributed by atoms with Gasteiger partial charge in [0.2, 0.25) is 0 Å². The van der Waals surface area contributed by atoms with Gasteiger partial charge < -0.3 is 9.47 Å². The van der Waals surface area contributed by atoms with E-state index in [1.165, 1.54) is 0 Å². The lowest BCUT2D eigenvalue weighted by molar-refractivity contribution is -0.204. The summed E-state index contributed by atoms with van der Waals surface area (Å²) in [7, 11) is 0. The Morgan fingerprint density at radius 2 is 1.87 bits per heavy atom. The maximum Gasteiger partial charge on any atom is 0.330 e. The number of carbonyl (C=O) groups excluding carboxylic acids is 3. The molecular formula is C25H30O5. The van der Waals surface area contributed by atoms with Crippen molar-refractivity contribution in [2.24, 2.45) is 45.3 Å².